The first-order chi connectivity index (χ1) is 8.19. The van der Waals surface area contributed by atoms with Crippen LogP contribution in [0.3, 0.4) is 0 Å². The zero-order chi connectivity index (χ0) is 14.4. The van der Waals surface area contributed by atoms with E-state index in [1.807, 2.05) is 6.92 Å². The highest BCUT2D eigenvalue weighted by atomic mass is 16.5. The maximum absolute atomic E-state index is 11.8. The van der Waals surface area contributed by atoms with Crippen LogP contribution in [0.1, 0.15) is 120 Å². The smallest absolute Gasteiger partial charge is 0.311 e. The van der Waals surface area contributed by atoms with Gasteiger partial charge in [0.1, 0.15) is 0 Å². The van der Waals surface area contributed by atoms with Gasteiger partial charge in [-0.1, -0.05) is 79.2 Å². The van der Waals surface area contributed by atoms with Crippen molar-refractivity contribution in [2.24, 2.45) is 10.8 Å². The Kier molecular flexibility index (Phi) is 51.8. The van der Waals surface area contributed by atoms with Gasteiger partial charge in [0.2, 0.25) is 0 Å². The highest BCUT2D eigenvalue weighted by molar-refractivity contribution is 5.79. The van der Waals surface area contributed by atoms with Gasteiger partial charge in [0, 0.05) is 0 Å². The van der Waals surface area contributed by atoms with E-state index in [0.717, 1.165) is 12.8 Å². The second-order valence-corrected chi connectivity index (χ2v) is 5.75. The van der Waals surface area contributed by atoms with Gasteiger partial charge in [0.25, 0.3) is 0 Å². The molecule has 0 rings (SSSR count). The molecule has 26 heavy (non-hydrogen) atoms. The van der Waals surface area contributed by atoms with Crippen LogP contribution in [0.25, 0.3) is 0 Å². The quantitative estimate of drug-likeness (QED) is 0.426. The number of ether oxygens (including phenoxy) is 1. The highest BCUT2D eigenvalue weighted by Gasteiger charge is 2.42. The van der Waals surface area contributed by atoms with Crippen molar-refractivity contribution in [2.45, 2.75) is 120 Å². The molecule has 0 aromatic rings. The minimum absolute atomic E-state index is 0. The maximum atomic E-state index is 11.8. The maximum Gasteiger partial charge on any atom is 0.311 e. The Morgan fingerprint density at radius 3 is 1.50 bits per heavy atom. The zero-order valence-electron chi connectivity index (χ0n) is 12.2. The van der Waals surface area contributed by atoms with E-state index in [1.165, 1.54) is 0 Å². The first-order valence-corrected chi connectivity index (χ1v) is 6.60. The molecule has 0 aromatic heterocycles. The van der Waals surface area contributed by atoms with Crippen molar-refractivity contribution < 1.29 is 19.4 Å². The third-order valence-electron chi connectivity index (χ3n) is 3.26. The van der Waals surface area contributed by atoms with Crippen molar-refractivity contribution in [1.29, 1.82) is 0 Å². The molecule has 1 atom stereocenters. The standard InChI is InChI=1S/C14H26O4.8CH4/c1-6-8-9-14(5,11(15)16)10-13(3,4)12(17)18-7-2;;;;;;;;/h6-10H2,1-5H3,(H,15,16);8*1H4. The van der Waals surface area contributed by atoms with Crippen LogP contribution in [0.4, 0.5) is 0 Å². The van der Waals surface area contributed by atoms with Crippen molar-refractivity contribution >= 4 is 11.9 Å². The fourth-order valence-corrected chi connectivity index (χ4v) is 2.21. The summed E-state index contributed by atoms with van der Waals surface area (Å²) < 4.78 is 5.00. The molecule has 0 bridgehead atoms. The molecule has 1 N–H and O–H groups in total. The van der Waals surface area contributed by atoms with E-state index in [1.54, 1.807) is 27.7 Å². The van der Waals surface area contributed by atoms with E-state index < -0.39 is 16.8 Å². The summed E-state index contributed by atoms with van der Waals surface area (Å²) in [6, 6.07) is 0. The van der Waals surface area contributed by atoms with E-state index in [2.05, 4.69) is 0 Å². The van der Waals surface area contributed by atoms with Gasteiger partial charge in [-0.25, -0.2) is 0 Å². The molecule has 1 unspecified atom stereocenters. The fourth-order valence-electron chi connectivity index (χ4n) is 2.21. The van der Waals surface area contributed by atoms with Gasteiger partial charge < -0.3 is 9.84 Å². The molecule has 0 amide bonds. The van der Waals surface area contributed by atoms with Gasteiger partial charge in [0.15, 0.2) is 0 Å². The Balaban J connectivity index is -0.0000000516. The predicted octanol–water partition coefficient (Wildman–Crippen LogP) is 8.34. The van der Waals surface area contributed by atoms with Crippen LogP contribution in [-0.2, 0) is 14.3 Å². The average molecular weight is 387 g/mol. The van der Waals surface area contributed by atoms with E-state index in [0.29, 0.717) is 19.4 Å². The second kappa shape index (κ2) is 23.9. The van der Waals surface area contributed by atoms with Gasteiger partial charge in [0.05, 0.1) is 17.4 Å². The largest absolute Gasteiger partial charge is 0.481 e. The van der Waals surface area contributed by atoms with Crippen LogP contribution >= 0.6 is 0 Å². The lowest BCUT2D eigenvalue weighted by Crippen LogP contribution is -2.38. The van der Waals surface area contributed by atoms with Crippen LogP contribution in [0.5, 0.6) is 0 Å². The summed E-state index contributed by atoms with van der Waals surface area (Å²) in [6.07, 6.45) is 2.68. The topological polar surface area (TPSA) is 63.6 Å². The van der Waals surface area contributed by atoms with Crippen molar-refractivity contribution in [3.8, 4) is 0 Å². The van der Waals surface area contributed by atoms with E-state index in [4.69, 9.17) is 4.74 Å². The molecular weight excluding hydrogens is 328 g/mol. The molecule has 0 aliphatic carbocycles. The van der Waals surface area contributed by atoms with Crippen LogP contribution in [-0.4, -0.2) is 23.7 Å². The molecule has 0 saturated heterocycles. The lowest BCUT2D eigenvalue weighted by Gasteiger charge is -2.33. The summed E-state index contributed by atoms with van der Waals surface area (Å²) in [5.41, 5.74) is -1.64. The lowest BCUT2D eigenvalue weighted by atomic mass is 9.71. The fraction of sp³-hybridized carbons (Fsp3) is 0.909. The van der Waals surface area contributed by atoms with Crippen molar-refractivity contribution in [3.05, 3.63) is 0 Å². The summed E-state index contributed by atoms with van der Waals surface area (Å²) in [4.78, 5) is 23.3. The molecule has 0 radical (unpaired) electrons. The summed E-state index contributed by atoms with van der Waals surface area (Å²) in [7, 11) is 0. The first-order valence-electron chi connectivity index (χ1n) is 6.60. The molecule has 0 heterocycles. The van der Waals surface area contributed by atoms with Crippen LogP contribution in [0, 0.1) is 10.8 Å². The number of esters is 1. The predicted molar refractivity (Wildman–Crippen MR) is 124 cm³/mol. The Morgan fingerprint density at radius 2 is 1.23 bits per heavy atom. The summed E-state index contributed by atoms with van der Waals surface area (Å²) in [6.45, 7) is 9.31. The van der Waals surface area contributed by atoms with Gasteiger partial charge in [-0.05, 0) is 40.5 Å². The number of unbranched alkanes of at least 4 members (excludes halogenated alkanes) is 1. The Labute approximate surface area is 169 Å². The van der Waals surface area contributed by atoms with Crippen molar-refractivity contribution in [2.75, 3.05) is 6.61 Å². The molecule has 0 aliphatic heterocycles. The van der Waals surface area contributed by atoms with E-state index in [9.17, 15) is 14.7 Å². The molecule has 4 nitrogen and oxygen atoms in total. The lowest BCUT2D eigenvalue weighted by molar-refractivity contribution is -0.159. The third kappa shape index (κ3) is 17.8. The van der Waals surface area contributed by atoms with Crippen molar-refractivity contribution in [1.82, 2.24) is 0 Å². The summed E-state index contributed by atoms with van der Waals surface area (Å²) in [5, 5.41) is 9.38. The minimum Gasteiger partial charge on any atom is -0.481 e. The van der Waals surface area contributed by atoms with E-state index in [-0.39, 0.29) is 65.4 Å². The molecule has 0 saturated carbocycles. The molecule has 0 aliphatic rings. The normalized spacial score (nSPS) is 10.3. The summed E-state index contributed by atoms with van der Waals surface area (Å²) >= 11 is 0. The van der Waals surface area contributed by atoms with Gasteiger partial charge >= 0.3 is 11.9 Å². The number of carboxylic acid groups (broad SMARTS) is 1. The number of hydrogen-bond acceptors (Lipinski definition) is 3. The highest BCUT2D eigenvalue weighted by Crippen LogP contribution is 2.38. The number of carbonyl (C=O) groups is 2. The third-order valence-corrected chi connectivity index (χ3v) is 3.26. The van der Waals surface area contributed by atoms with Crippen molar-refractivity contribution in [3.63, 3.8) is 0 Å². The van der Waals surface area contributed by atoms with Crippen LogP contribution in [0.15, 0.2) is 0 Å². The molecule has 0 aromatic carbocycles. The van der Waals surface area contributed by atoms with Gasteiger partial charge in [-0.3, -0.25) is 9.59 Å². The van der Waals surface area contributed by atoms with Gasteiger partial charge in [-0.15, -0.1) is 0 Å². The van der Waals surface area contributed by atoms with Crippen LogP contribution < -0.4 is 0 Å². The van der Waals surface area contributed by atoms with E-state index >= 15 is 0 Å². The van der Waals surface area contributed by atoms with Crippen LogP contribution in [0.2, 0.25) is 0 Å². The molecule has 0 spiro atoms. The first kappa shape index (κ1) is 56.3. The summed E-state index contributed by atoms with van der Waals surface area (Å²) in [5.74, 6) is -1.16. The number of aliphatic carboxylic acids is 1. The van der Waals surface area contributed by atoms with Gasteiger partial charge in [-0.2, -0.15) is 0 Å². The molecular formula is C22H58O4. The number of carboxylic acids is 1. The second-order valence-electron chi connectivity index (χ2n) is 5.75. The zero-order valence-corrected chi connectivity index (χ0v) is 12.2. The SMILES string of the molecule is C.C.C.C.C.C.C.C.CCCCC(C)(CC(C)(C)C(=O)OCC)C(=O)O. The molecule has 0 fully saturated rings. The Hall–Kier alpha value is -1.06. The number of hydrogen-bond donors (Lipinski definition) is 1. The average Bonchev–Trinajstić information content (AvgIpc) is 2.26. The minimum atomic E-state index is -0.869. The molecule has 4 heteroatoms. The monoisotopic (exact) mass is 386 g/mol. The Bertz CT molecular complexity index is 299. The molecule has 170 valence electrons. The number of rotatable bonds is 8. The Morgan fingerprint density at radius 1 is 0.846 bits per heavy atom. The number of carbonyl (C=O) groups excluding carboxylic acids is 1.